The van der Waals surface area contributed by atoms with E-state index in [1.807, 2.05) is 31.2 Å². The van der Waals surface area contributed by atoms with Crippen LogP contribution in [-0.2, 0) is 16.1 Å². The minimum Gasteiger partial charge on any atom is -0.277 e. The normalized spacial score (nSPS) is 17.9. The van der Waals surface area contributed by atoms with Crippen LogP contribution >= 0.6 is 0 Å². The summed E-state index contributed by atoms with van der Waals surface area (Å²) in [5.74, 6) is -0.884. The van der Waals surface area contributed by atoms with E-state index in [2.05, 4.69) is 5.32 Å². The maximum atomic E-state index is 12.7. The molecule has 4 amide bonds. The highest BCUT2D eigenvalue weighted by Crippen LogP contribution is 2.33. The van der Waals surface area contributed by atoms with E-state index in [4.69, 9.17) is 0 Å². The molecule has 112 valence electrons. The van der Waals surface area contributed by atoms with Gasteiger partial charge in [-0.25, -0.2) is 4.79 Å². The van der Waals surface area contributed by atoms with Gasteiger partial charge in [0.2, 0.25) is 11.8 Å². The summed E-state index contributed by atoms with van der Waals surface area (Å²) in [6.45, 7) is 5.72. The van der Waals surface area contributed by atoms with E-state index in [0.717, 1.165) is 16.0 Å². The first-order chi connectivity index (χ1) is 9.94. The number of aryl methyl sites for hydroxylation is 1. The Labute approximate surface area is 124 Å². The predicted octanol–water partition coefficient (Wildman–Crippen LogP) is 2.38. The highest BCUT2D eigenvalue weighted by atomic mass is 16.2. The van der Waals surface area contributed by atoms with Crippen molar-refractivity contribution in [1.29, 1.82) is 0 Å². The molecule has 5 heteroatoms. The topological polar surface area (TPSA) is 66.5 Å². The molecule has 21 heavy (non-hydrogen) atoms. The molecule has 0 aromatic heterocycles. The summed E-state index contributed by atoms with van der Waals surface area (Å²) >= 11 is 0. The Morgan fingerprint density at radius 3 is 2.38 bits per heavy atom. The van der Waals surface area contributed by atoms with Gasteiger partial charge in [0, 0.05) is 0 Å². The molecule has 5 nitrogen and oxygen atoms in total. The number of hydrogen-bond acceptors (Lipinski definition) is 3. The zero-order valence-electron chi connectivity index (χ0n) is 12.6. The molecule has 1 aromatic rings. The number of benzene rings is 1. The minimum absolute atomic E-state index is 0.182. The Balaban J connectivity index is 2.32. The number of amides is 4. The van der Waals surface area contributed by atoms with Crippen molar-refractivity contribution in [3.8, 4) is 0 Å². The number of nitrogens with one attached hydrogen (secondary N) is 1. The lowest BCUT2D eigenvalue weighted by Gasteiger charge is -2.38. The van der Waals surface area contributed by atoms with Gasteiger partial charge < -0.3 is 0 Å². The van der Waals surface area contributed by atoms with Crippen LogP contribution in [0, 0.1) is 12.3 Å². The third kappa shape index (κ3) is 2.55. The number of urea groups is 1. The highest BCUT2D eigenvalue weighted by molar-refractivity contribution is 6.19. The second-order valence-electron chi connectivity index (χ2n) is 5.43. The van der Waals surface area contributed by atoms with Crippen molar-refractivity contribution in [1.82, 2.24) is 10.2 Å². The van der Waals surface area contributed by atoms with E-state index in [1.54, 1.807) is 13.8 Å². The van der Waals surface area contributed by atoms with E-state index in [-0.39, 0.29) is 6.54 Å². The molecule has 1 saturated heterocycles. The number of carbonyl (C=O) groups excluding carboxylic acids is 3. The van der Waals surface area contributed by atoms with Crippen LogP contribution in [0.4, 0.5) is 4.79 Å². The largest absolute Gasteiger partial charge is 0.331 e. The number of carbonyl (C=O) groups is 3. The molecule has 2 rings (SSSR count). The maximum absolute atomic E-state index is 12.7. The number of nitrogens with zero attached hydrogens (tertiary/aromatic N) is 1. The summed E-state index contributed by atoms with van der Waals surface area (Å²) in [5.41, 5.74) is 0.803. The molecule has 1 fully saturated rings. The molecule has 1 N–H and O–H groups in total. The molecule has 0 spiro atoms. The van der Waals surface area contributed by atoms with Crippen molar-refractivity contribution in [2.75, 3.05) is 0 Å². The Morgan fingerprint density at radius 1 is 1.14 bits per heavy atom. The maximum Gasteiger partial charge on any atom is 0.331 e. The average Bonchev–Trinajstić information content (AvgIpc) is 2.45. The molecule has 0 bridgehead atoms. The summed E-state index contributed by atoms with van der Waals surface area (Å²) in [7, 11) is 0. The Hall–Kier alpha value is -2.17. The van der Waals surface area contributed by atoms with Gasteiger partial charge in [-0.3, -0.25) is 19.8 Å². The van der Waals surface area contributed by atoms with Crippen molar-refractivity contribution < 1.29 is 14.4 Å². The molecule has 1 aliphatic rings. The van der Waals surface area contributed by atoms with Gasteiger partial charge in [0.1, 0.15) is 5.41 Å². The smallest absolute Gasteiger partial charge is 0.277 e. The predicted molar refractivity (Wildman–Crippen MR) is 78.3 cm³/mol. The first kappa shape index (κ1) is 15.2. The van der Waals surface area contributed by atoms with Crippen LogP contribution in [0.5, 0.6) is 0 Å². The van der Waals surface area contributed by atoms with Crippen molar-refractivity contribution in [2.24, 2.45) is 5.41 Å². The van der Waals surface area contributed by atoms with Crippen LogP contribution in [0.2, 0.25) is 0 Å². The summed E-state index contributed by atoms with van der Waals surface area (Å²) in [5, 5.41) is 2.31. The molecule has 0 radical (unpaired) electrons. The number of hydrogen-bond donors (Lipinski definition) is 1. The van der Waals surface area contributed by atoms with Crippen LogP contribution in [0.1, 0.15) is 37.8 Å². The van der Waals surface area contributed by atoms with Crippen LogP contribution in [0.15, 0.2) is 24.3 Å². The molecular formula is C16H20N2O3. The molecule has 0 unspecified atom stereocenters. The lowest BCUT2D eigenvalue weighted by molar-refractivity contribution is -0.152. The lowest BCUT2D eigenvalue weighted by atomic mass is 9.78. The third-order valence-electron chi connectivity index (χ3n) is 4.19. The average molecular weight is 288 g/mol. The molecule has 1 heterocycles. The van der Waals surface area contributed by atoms with Crippen LogP contribution < -0.4 is 5.32 Å². The van der Waals surface area contributed by atoms with Gasteiger partial charge in [0.15, 0.2) is 0 Å². The van der Waals surface area contributed by atoms with E-state index < -0.39 is 23.3 Å². The van der Waals surface area contributed by atoms with Gasteiger partial charge in [0.05, 0.1) is 6.54 Å². The molecule has 1 aromatic carbocycles. The molecule has 1 aliphatic heterocycles. The molecular weight excluding hydrogens is 268 g/mol. The fourth-order valence-electron chi connectivity index (χ4n) is 2.74. The zero-order chi connectivity index (χ0) is 15.6. The summed E-state index contributed by atoms with van der Waals surface area (Å²) in [4.78, 5) is 37.9. The van der Waals surface area contributed by atoms with Crippen LogP contribution in [0.3, 0.4) is 0 Å². The zero-order valence-corrected chi connectivity index (χ0v) is 12.6. The fraction of sp³-hybridized carbons (Fsp3) is 0.438. The first-order valence-electron chi connectivity index (χ1n) is 7.17. The van der Waals surface area contributed by atoms with Gasteiger partial charge in [-0.2, -0.15) is 0 Å². The fourth-order valence-corrected chi connectivity index (χ4v) is 2.74. The van der Waals surface area contributed by atoms with E-state index in [0.29, 0.717) is 12.8 Å². The standard InChI is InChI=1S/C16H20N2O3/c1-4-16(5-2)13(19)17-15(21)18(14(16)20)10-12-8-6-7-11(3)9-12/h6-9H,4-5,10H2,1-3H3,(H,17,19,21). The number of rotatable bonds is 4. The van der Waals surface area contributed by atoms with Gasteiger partial charge in [-0.1, -0.05) is 43.7 Å². The quantitative estimate of drug-likeness (QED) is 0.865. The first-order valence-corrected chi connectivity index (χ1v) is 7.17. The van der Waals surface area contributed by atoms with Crippen LogP contribution in [-0.4, -0.2) is 22.7 Å². The molecule has 0 aliphatic carbocycles. The summed E-state index contributed by atoms with van der Waals surface area (Å²) in [6, 6.07) is 6.99. The SMILES string of the molecule is CCC1(CC)C(=O)NC(=O)N(Cc2cccc(C)c2)C1=O. The number of imide groups is 2. The van der Waals surface area contributed by atoms with Crippen molar-refractivity contribution in [3.05, 3.63) is 35.4 Å². The van der Waals surface area contributed by atoms with Crippen molar-refractivity contribution >= 4 is 17.8 Å². The number of barbiturate groups is 1. The van der Waals surface area contributed by atoms with Gasteiger partial charge >= 0.3 is 6.03 Å². The summed E-state index contributed by atoms with van der Waals surface area (Å²) in [6.07, 6.45) is 0.761. The molecule has 0 atom stereocenters. The minimum atomic E-state index is -1.13. The van der Waals surface area contributed by atoms with Crippen LogP contribution in [0.25, 0.3) is 0 Å². The highest BCUT2D eigenvalue weighted by Gasteiger charge is 2.51. The second-order valence-corrected chi connectivity index (χ2v) is 5.43. The van der Waals surface area contributed by atoms with E-state index >= 15 is 0 Å². The second kappa shape index (κ2) is 5.68. The Bertz CT molecular complexity index is 591. The lowest BCUT2D eigenvalue weighted by Crippen LogP contribution is -2.63. The van der Waals surface area contributed by atoms with Gasteiger partial charge in [-0.05, 0) is 25.3 Å². The Kier molecular flexibility index (Phi) is 4.11. The third-order valence-corrected chi connectivity index (χ3v) is 4.19. The summed E-state index contributed by atoms with van der Waals surface area (Å²) < 4.78 is 0. The van der Waals surface area contributed by atoms with Gasteiger partial charge in [-0.15, -0.1) is 0 Å². The Morgan fingerprint density at radius 2 is 1.81 bits per heavy atom. The van der Waals surface area contributed by atoms with Gasteiger partial charge in [0.25, 0.3) is 0 Å². The van der Waals surface area contributed by atoms with E-state index in [1.165, 1.54) is 0 Å². The monoisotopic (exact) mass is 288 g/mol. The molecule has 0 saturated carbocycles. The van der Waals surface area contributed by atoms with Crippen molar-refractivity contribution in [2.45, 2.75) is 40.2 Å². The van der Waals surface area contributed by atoms with Crippen molar-refractivity contribution in [3.63, 3.8) is 0 Å². The van der Waals surface area contributed by atoms with E-state index in [9.17, 15) is 14.4 Å².